The molecule has 0 saturated heterocycles. The van der Waals surface area contributed by atoms with Gasteiger partial charge >= 0.3 is 0 Å². The summed E-state index contributed by atoms with van der Waals surface area (Å²) in [6, 6.07) is 6.26. The maximum absolute atomic E-state index is 13.6. The first kappa shape index (κ1) is 12.9. The minimum absolute atomic E-state index is 0.257. The first-order chi connectivity index (χ1) is 8.69. The highest BCUT2D eigenvalue weighted by molar-refractivity contribution is 5.35. The molecule has 0 heterocycles. The summed E-state index contributed by atoms with van der Waals surface area (Å²) in [5.41, 5.74) is 0.325. The van der Waals surface area contributed by atoms with Crippen molar-refractivity contribution in [3.8, 4) is 11.8 Å². The number of hydrogen-bond donors (Lipinski definition) is 0. The molecule has 0 radical (unpaired) electrons. The van der Waals surface area contributed by atoms with Crippen LogP contribution in [0.4, 0.5) is 4.39 Å². The van der Waals surface area contributed by atoms with E-state index in [2.05, 4.69) is 6.92 Å². The van der Waals surface area contributed by atoms with Crippen LogP contribution in [0.3, 0.4) is 0 Å². The number of ether oxygens (including phenoxy) is 1. The van der Waals surface area contributed by atoms with E-state index < -0.39 is 5.82 Å². The third-order valence-electron chi connectivity index (χ3n) is 3.58. The van der Waals surface area contributed by atoms with Crippen LogP contribution in [0.25, 0.3) is 0 Å². The molecule has 0 aliphatic heterocycles. The van der Waals surface area contributed by atoms with Crippen LogP contribution in [0, 0.1) is 29.0 Å². The zero-order valence-corrected chi connectivity index (χ0v) is 10.7. The molecule has 2 unspecified atom stereocenters. The van der Waals surface area contributed by atoms with Gasteiger partial charge in [-0.1, -0.05) is 19.8 Å². The average molecular weight is 247 g/mol. The predicted octanol–water partition coefficient (Wildman–Crippen LogP) is 3.90. The van der Waals surface area contributed by atoms with Gasteiger partial charge in [0.1, 0.15) is 0 Å². The molecule has 0 bridgehead atoms. The number of nitriles is 1. The smallest absolute Gasteiger partial charge is 0.166 e. The minimum Gasteiger partial charge on any atom is -0.490 e. The highest BCUT2D eigenvalue weighted by Crippen LogP contribution is 2.29. The van der Waals surface area contributed by atoms with E-state index in [4.69, 9.17) is 10.00 Å². The fourth-order valence-corrected chi connectivity index (χ4v) is 2.61. The summed E-state index contributed by atoms with van der Waals surface area (Å²) in [6.07, 6.45) is 4.87. The van der Waals surface area contributed by atoms with E-state index in [1.807, 2.05) is 6.07 Å². The van der Waals surface area contributed by atoms with Gasteiger partial charge in [-0.2, -0.15) is 5.26 Å². The van der Waals surface area contributed by atoms with Gasteiger partial charge in [0.05, 0.1) is 18.2 Å². The largest absolute Gasteiger partial charge is 0.490 e. The van der Waals surface area contributed by atoms with Crippen molar-refractivity contribution in [2.24, 2.45) is 11.8 Å². The molecule has 1 aromatic rings. The van der Waals surface area contributed by atoms with Crippen LogP contribution < -0.4 is 4.74 Å². The van der Waals surface area contributed by atoms with Crippen molar-refractivity contribution >= 4 is 0 Å². The van der Waals surface area contributed by atoms with E-state index in [1.165, 1.54) is 25.3 Å². The summed E-state index contributed by atoms with van der Waals surface area (Å²) in [6.45, 7) is 2.83. The Morgan fingerprint density at radius 2 is 2.28 bits per heavy atom. The normalized spacial score (nSPS) is 23.4. The first-order valence-electron chi connectivity index (χ1n) is 6.51. The van der Waals surface area contributed by atoms with Crippen molar-refractivity contribution in [1.82, 2.24) is 0 Å². The van der Waals surface area contributed by atoms with Gasteiger partial charge in [0.2, 0.25) is 0 Å². The quantitative estimate of drug-likeness (QED) is 0.811. The summed E-state index contributed by atoms with van der Waals surface area (Å²) in [5, 5.41) is 8.66. The standard InChI is InChI=1S/C15H18FNO/c1-11-3-2-4-13(7-11)10-18-15-6-5-12(9-17)8-14(15)16/h5-6,8,11,13H,2-4,7,10H2,1H3. The second kappa shape index (κ2) is 5.86. The summed E-state index contributed by atoms with van der Waals surface area (Å²) in [4.78, 5) is 0. The molecule has 0 N–H and O–H groups in total. The van der Waals surface area contributed by atoms with Gasteiger partial charge in [0.25, 0.3) is 0 Å². The summed E-state index contributed by atoms with van der Waals surface area (Å²) >= 11 is 0. The second-order valence-corrected chi connectivity index (χ2v) is 5.21. The van der Waals surface area contributed by atoms with Gasteiger partial charge in [-0.15, -0.1) is 0 Å². The summed E-state index contributed by atoms with van der Waals surface area (Å²) in [5.74, 6) is 1.09. The van der Waals surface area contributed by atoms with Gasteiger partial charge in [-0.05, 0) is 42.9 Å². The lowest BCUT2D eigenvalue weighted by Crippen LogP contribution is -2.19. The summed E-state index contributed by atoms with van der Waals surface area (Å²) in [7, 11) is 0. The molecule has 1 fully saturated rings. The van der Waals surface area contributed by atoms with Crippen molar-refractivity contribution in [1.29, 1.82) is 5.26 Å². The van der Waals surface area contributed by atoms with Crippen LogP contribution in [-0.2, 0) is 0 Å². The van der Waals surface area contributed by atoms with Crippen LogP contribution >= 0.6 is 0 Å². The molecular weight excluding hydrogens is 229 g/mol. The van der Waals surface area contributed by atoms with Crippen molar-refractivity contribution in [3.63, 3.8) is 0 Å². The SMILES string of the molecule is CC1CCCC(COc2ccc(C#N)cc2F)C1. The molecule has 1 aliphatic carbocycles. The molecule has 1 saturated carbocycles. The first-order valence-corrected chi connectivity index (χ1v) is 6.51. The Hall–Kier alpha value is -1.56. The van der Waals surface area contributed by atoms with E-state index in [0.717, 1.165) is 12.3 Å². The minimum atomic E-state index is -0.446. The molecule has 96 valence electrons. The highest BCUT2D eigenvalue weighted by atomic mass is 19.1. The van der Waals surface area contributed by atoms with Gasteiger partial charge < -0.3 is 4.74 Å². The Kier molecular flexibility index (Phi) is 4.19. The van der Waals surface area contributed by atoms with Crippen LogP contribution in [0.1, 0.15) is 38.2 Å². The molecule has 0 aromatic heterocycles. The number of rotatable bonds is 3. The lowest BCUT2D eigenvalue weighted by Gasteiger charge is -2.26. The van der Waals surface area contributed by atoms with Gasteiger partial charge in [0.15, 0.2) is 11.6 Å². The lowest BCUT2D eigenvalue weighted by atomic mass is 9.83. The Morgan fingerprint density at radius 1 is 1.44 bits per heavy atom. The maximum atomic E-state index is 13.6. The number of hydrogen-bond acceptors (Lipinski definition) is 2. The van der Waals surface area contributed by atoms with Crippen LogP contribution in [0.2, 0.25) is 0 Å². The van der Waals surface area contributed by atoms with Gasteiger partial charge in [0, 0.05) is 0 Å². The number of nitrogens with zero attached hydrogens (tertiary/aromatic N) is 1. The molecule has 2 atom stereocenters. The predicted molar refractivity (Wildman–Crippen MR) is 67.7 cm³/mol. The fraction of sp³-hybridized carbons (Fsp3) is 0.533. The Balaban J connectivity index is 1.92. The van der Waals surface area contributed by atoms with E-state index >= 15 is 0 Å². The topological polar surface area (TPSA) is 33.0 Å². The Bertz CT molecular complexity index is 452. The van der Waals surface area contributed by atoms with Crippen LogP contribution in [0.5, 0.6) is 5.75 Å². The lowest BCUT2D eigenvalue weighted by molar-refractivity contribution is 0.177. The second-order valence-electron chi connectivity index (χ2n) is 5.21. The van der Waals surface area contributed by atoms with E-state index in [9.17, 15) is 4.39 Å². The maximum Gasteiger partial charge on any atom is 0.166 e. The van der Waals surface area contributed by atoms with Crippen molar-refractivity contribution in [2.75, 3.05) is 6.61 Å². The highest BCUT2D eigenvalue weighted by Gasteiger charge is 2.19. The van der Waals surface area contributed by atoms with Crippen LogP contribution in [0.15, 0.2) is 18.2 Å². The van der Waals surface area contributed by atoms with Gasteiger partial charge in [-0.25, -0.2) is 4.39 Å². The van der Waals surface area contributed by atoms with Crippen molar-refractivity contribution in [3.05, 3.63) is 29.6 Å². The zero-order valence-electron chi connectivity index (χ0n) is 10.7. The third kappa shape index (κ3) is 3.22. The average Bonchev–Trinajstić information content (AvgIpc) is 2.37. The summed E-state index contributed by atoms with van der Waals surface area (Å²) < 4.78 is 19.1. The van der Waals surface area contributed by atoms with Crippen molar-refractivity contribution in [2.45, 2.75) is 32.6 Å². The van der Waals surface area contributed by atoms with E-state index in [1.54, 1.807) is 12.1 Å². The molecule has 1 aromatic carbocycles. The molecule has 18 heavy (non-hydrogen) atoms. The van der Waals surface area contributed by atoms with Gasteiger partial charge in [-0.3, -0.25) is 0 Å². The molecule has 3 heteroatoms. The number of benzene rings is 1. The molecule has 1 aliphatic rings. The number of halogens is 1. The Labute approximate surface area is 107 Å². The molecular formula is C15H18FNO. The monoisotopic (exact) mass is 247 g/mol. The van der Waals surface area contributed by atoms with Crippen LogP contribution in [-0.4, -0.2) is 6.61 Å². The fourth-order valence-electron chi connectivity index (χ4n) is 2.61. The van der Waals surface area contributed by atoms with Crippen molar-refractivity contribution < 1.29 is 9.13 Å². The molecule has 0 spiro atoms. The van der Waals surface area contributed by atoms with E-state index in [-0.39, 0.29) is 5.75 Å². The molecule has 0 amide bonds. The third-order valence-corrected chi connectivity index (χ3v) is 3.58. The zero-order chi connectivity index (χ0) is 13.0. The molecule has 2 rings (SSSR count). The van der Waals surface area contributed by atoms with E-state index in [0.29, 0.717) is 18.1 Å². The Morgan fingerprint density at radius 3 is 2.94 bits per heavy atom. The molecule has 2 nitrogen and oxygen atoms in total.